The number of piperazine rings is 1. The zero-order valence-corrected chi connectivity index (χ0v) is 18.4. The van der Waals surface area contributed by atoms with Crippen LogP contribution in [0.5, 0.6) is 0 Å². The Kier molecular flexibility index (Phi) is 7.52. The standard InChI is InChI=1S/C21H36N6O2/c1-5-22-21(23-15-18-14-19(16(2)3)24-29-18)27-12-10-25(11-13-27)17(4)20(28)26-8-6-7-9-26/h14,16-17H,5-13,15H2,1-4H3,(H,22,23). The van der Waals surface area contributed by atoms with Crippen LogP contribution in [0.25, 0.3) is 0 Å². The quantitative estimate of drug-likeness (QED) is 0.576. The first-order valence-electron chi connectivity index (χ1n) is 11.0. The van der Waals surface area contributed by atoms with Gasteiger partial charge in [0.1, 0.15) is 6.54 Å². The second kappa shape index (κ2) is 10.1. The first-order chi connectivity index (χ1) is 14.0. The average molecular weight is 405 g/mol. The molecule has 2 saturated heterocycles. The molecular formula is C21H36N6O2. The van der Waals surface area contributed by atoms with Crippen molar-refractivity contribution in [1.82, 2.24) is 25.2 Å². The molecule has 162 valence electrons. The zero-order chi connectivity index (χ0) is 20.8. The van der Waals surface area contributed by atoms with E-state index in [4.69, 9.17) is 9.52 Å². The summed E-state index contributed by atoms with van der Waals surface area (Å²) in [7, 11) is 0. The molecule has 1 N–H and O–H groups in total. The van der Waals surface area contributed by atoms with Crippen LogP contribution in [0.15, 0.2) is 15.6 Å². The highest BCUT2D eigenvalue weighted by molar-refractivity contribution is 5.82. The number of carbonyl (C=O) groups excluding carboxylic acids is 1. The number of aliphatic imine (C=N–C) groups is 1. The molecule has 8 heteroatoms. The number of hydrogen-bond donors (Lipinski definition) is 1. The van der Waals surface area contributed by atoms with Gasteiger partial charge in [0.2, 0.25) is 5.91 Å². The third-order valence-corrected chi connectivity index (χ3v) is 5.82. The Bertz CT molecular complexity index is 687. The van der Waals surface area contributed by atoms with Gasteiger partial charge < -0.3 is 19.6 Å². The lowest BCUT2D eigenvalue weighted by Gasteiger charge is -2.39. The highest BCUT2D eigenvalue weighted by Gasteiger charge is 2.30. The van der Waals surface area contributed by atoms with Crippen molar-refractivity contribution in [2.45, 2.75) is 59.0 Å². The van der Waals surface area contributed by atoms with Gasteiger partial charge in [0.15, 0.2) is 11.7 Å². The second-order valence-corrected chi connectivity index (χ2v) is 8.27. The molecule has 1 atom stereocenters. The number of nitrogens with zero attached hydrogens (tertiary/aromatic N) is 5. The van der Waals surface area contributed by atoms with E-state index in [1.807, 2.05) is 17.9 Å². The van der Waals surface area contributed by atoms with E-state index in [1.165, 1.54) is 0 Å². The third-order valence-electron chi connectivity index (χ3n) is 5.82. The normalized spacial score (nSPS) is 19.8. The van der Waals surface area contributed by atoms with Crippen LogP contribution in [-0.4, -0.2) is 83.6 Å². The van der Waals surface area contributed by atoms with E-state index in [1.54, 1.807) is 0 Å². The maximum absolute atomic E-state index is 12.7. The molecule has 3 heterocycles. The van der Waals surface area contributed by atoms with Gasteiger partial charge in [-0.15, -0.1) is 0 Å². The van der Waals surface area contributed by atoms with Crippen LogP contribution in [0.3, 0.4) is 0 Å². The topological polar surface area (TPSA) is 77.2 Å². The highest BCUT2D eigenvalue weighted by Crippen LogP contribution is 2.16. The van der Waals surface area contributed by atoms with Gasteiger partial charge in [-0.1, -0.05) is 19.0 Å². The lowest BCUT2D eigenvalue weighted by Crippen LogP contribution is -2.57. The van der Waals surface area contributed by atoms with E-state index < -0.39 is 0 Å². The van der Waals surface area contributed by atoms with E-state index in [0.29, 0.717) is 12.5 Å². The summed E-state index contributed by atoms with van der Waals surface area (Å²) in [6, 6.07) is 1.94. The molecule has 0 aliphatic carbocycles. The minimum Gasteiger partial charge on any atom is -0.359 e. The van der Waals surface area contributed by atoms with E-state index in [9.17, 15) is 4.79 Å². The Morgan fingerprint density at radius 1 is 1.14 bits per heavy atom. The Labute approximate surface area is 174 Å². The number of aromatic nitrogens is 1. The van der Waals surface area contributed by atoms with Crippen molar-refractivity contribution in [2.75, 3.05) is 45.8 Å². The fraction of sp³-hybridized carbons (Fsp3) is 0.762. The number of carbonyl (C=O) groups is 1. The Morgan fingerprint density at radius 2 is 1.83 bits per heavy atom. The molecule has 2 fully saturated rings. The highest BCUT2D eigenvalue weighted by atomic mass is 16.5. The predicted octanol–water partition coefficient (Wildman–Crippen LogP) is 1.89. The SMILES string of the molecule is CCNC(=NCc1cc(C(C)C)no1)N1CCN(C(C)C(=O)N2CCCC2)CC1. The van der Waals surface area contributed by atoms with E-state index in [0.717, 1.165) is 76.1 Å². The van der Waals surface area contributed by atoms with Gasteiger partial charge in [-0.25, -0.2) is 4.99 Å². The van der Waals surface area contributed by atoms with Crippen molar-refractivity contribution in [3.63, 3.8) is 0 Å². The Balaban J connectivity index is 1.55. The number of amides is 1. The number of hydrogen-bond acceptors (Lipinski definition) is 5. The van der Waals surface area contributed by atoms with Crippen LogP contribution in [0.4, 0.5) is 0 Å². The monoisotopic (exact) mass is 404 g/mol. The maximum atomic E-state index is 12.7. The maximum Gasteiger partial charge on any atom is 0.239 e. The molecule has 1 amide bonds. The van der Waals surface area contributed by atoms with E-state index in [2.05, 4.69) is 41.0 Å². The molecule has 3 rings (SSSR count). The van der Waals surface area contributed by atoms with E-state index >= 15 is 0 Å². The smallest absolute Gasteiger partial charge is 0.239 e. The summed E-state index contributed by atoms with van der Waals surface area (Å²) in [5, 5.41) is 7.49. The van der Waals surface area contributed by atoms with Gasteiger partial charge in [0.05, 0.1) is 11.7 Å². The average Bonchev–Trinajstić information content (AvgIpc) is 3.42. The van der Waals surface area contributed by atoms with Gasteiger partial charge in [0.25, 0.3) is 0 Å². The lowest BCUT2D eigenvalue weighted by atomic mass is 10.1. The fourth-order valence-corrected chi connectivity index (χ4v) is 3.93. The predicted molar refractivity (Wildman–Crippen MR) is 114 cm³/mol. The molecule has 2 aliphatic heterocycles. The minimum atomic E-state index is -0.0431. The van der Waals surface area contributed by atoms with Crippen LogP contribution in [-0.2, 0) is 11.3 Å². The molecule has 0 spiro atoms. The summed E-state index contributed by atoms with van der Waals surface area (Å²) in [5.74, 6) is 2.31. The fourth-order valence-electron chi connectivity index (χ4n) is 3.93. The first-order valence-corrected chi connectivity index (χ1v) is 11.0. The largest absolute Gasteiger partial charge is 0.359 e. The van der Waals surface area contributed by atoms with Crippen molar-refractivity contribution in [1.29, 1.82) is 0 Å². The minimum absolute atomic E-state index is 0.0431. The molecule has 0 radical (unpaired) electrons. The summed E-state index contributed by atoms with van der Waals surface area (Å²) >= 11 is 0. The van der Waals surface area contributed by atoms with Gasteiger partial charge in [-0.05, 0) is 32.6 Å². The number of nitrogens with one attached hydrogen (secondary N) is 1. The molecule has 1 unspecified atom stereocenters. The second-order valence-electron chi connectivity index (χ2n) is 8.27. The van der Waals surface area contributed by atoms with Gasteiger partial charge in [-0.2, -0.15) is 0 Å². The molecule has 2 aliphatic rings. The molecule has 0 bridgehead atoms. The number of likely N-dealkylation sites (tertiary alicyclic amines) is 1. The molecule has 8 nitrogen and oxygen atoms in total. The summed E-state index contributed by atoms with van der Waals surface area (Å²) < 4.78 is 5.41. The molecule has 0 saturated carbocycles. The van der Waals surface area contributed by atoms with Gasteiger partial charge >= 0.3 is 0 Å². The van der Waals surface area contributed by atoms with Gasteiger partial charge in [0, 0.05) is 51.9 Å². The summed E-state index contributed by atoms with van der Waals surface area (Å²) in [6.45, 7) is 14.9. The number of guanidine groups is 1. The van der Waals surface area contributed by atoms with Crippen LogP contribution in [0.1, 0.15) is 57.9 Å². The zero-order valence-electron chi connectivity index (χ0n) is 18.4. The summed E-state index contributed by atoms with van der Waals surface area (Å²) in [5.41, 5.74) is 0.963. The van der Waals surface area contributed by atoms with Crippen molar-refractivity contribution >= 4 is 11.9 Å². The molecule has 29 heavy (non-hydrogen) atoms. The van der Waals surface area contributed by atoms with Crippen molar-refractivity contribution < 1.29 is 9.32 Å². The van der Waals surface area contributed by atoms with E-state index in [-0.39, 0.29) is 11.9 Å². The van der Waals surface area contributed by atoms with Gasteiger partial charge in [-0.3, -0.25) is 9.69 Å². The van der Waals surface area contributed by atoms with Crippen molar-refractivity contribution in [3.05, 3.63) is 17.5 Å². The summed E-state index contributed by atoms with van der Waals surface area (Å²) in [4.78, 5) is 24.0. The third kappa shape index (κ3) is 5.50. The Morgan fingerprint density at radius 3 is 2.41 bits per heavy atom. The first kappa shape index (κ1) is 21.6. The molecule has 1 aromatic rings. The van der Waals surface area contributed by atoms with Crippen LogP contribution >= 0.6 is 0 Å². The number of rotatable bonds is 6. The molecular weight excluding hydrogens is 368 g/mol. The van der Waals surface area contributed by atoms with Crippen LogP contribution in [0.2, 0.25) is 0 Å². The van der Waals surface area contributed by atoms with Crippen molar-refractivity contribution in [3.8, 4) is 0 Å². The lowest BCUT2D eigenvalue weighted by molar-refractivity contribution is -0.135. The molecule has 0 aromatic carbocycles. The van der Waals surface area contributed by atoms with Crippen molar-refractivity contribution in [2.24, 2.45) is 4.99 Å². The molecule has 1 aromatic heterocycles. The Hall–Kier alpha value is -2.09. The van der Waals surface area contributed by atoms with Crippen LogP contribution in [0, 0.1) is 0 Å². The van der Waals surface area contributed by atoms with Crippen LogP contribution < -0.4 is 5.32 Å². The summed E-state index contributed by atoms with van der Waals surface area (Å²) in [6.07, 6.45) is 2.27.